The summed E-state index contributed by atoms with van der Waals surface area (Å²) in [5, 5.41) is 0. The Morgan fingerprint density at radius 2 is 2.15 bits per heavy atom. The van der Waals surface area contributed by atoms with Crippen LogP contribution in [0.3, 0.4) is 0 Å². The first-order valence-corrected chi connectivity index (χ1v) is 8.78. The molecule has 0 spiro atoms. The predicted molar refractivity (Wildman–Crippen MR) is 97.9 cm³/mol. The number of carbonyl (C=O) groups excluding carboxylic acids is 2. The molecule has 26 heavy (non-hydrogen) atoms. The molecule has 2 aromatic rings. The second kappa shape index (κ2) is 7.64. The molecule has 3 rings (SSSR count). The molecule has 0 bridgehead atoms. The summed E-state index contributed by atoms with van der Waals surface area (Å²) in [7, 11) is 1.77. The highest BCUT2D eigenvalue weighted by Crippen LogP contribution is 2.22. The van der Waals surface area contributed by atoms with E-state index in [-0.39, 0.29) is 24.2 Å². The van der Waals surface area contributed by atoms with E-state index in [9.17, 15) is 9.59 Å². The molecule has 1 unspecified atom stereocenters. The van der Waals surface area contributed by atoms with E-state index in [0.29, 0.717) is 19.6 Å². The van der Waals surface area contributed by atoms with E-state index in [4.69, 9.17) is 0 Å². The molecule has 1 atom stereocenters. The van der Waals surface area contributed by atoms with Crippen molar-refractivity contribution in [1.29, 1.82) is 0 Å². The Morgan fingerprint density at radius 3 is 2.85 bits per heavy atom. The molecule has 1 fully saturated rings. The van der Waals surface area contributed by atoms with E-state index in [1.165, 1.54) is 0 Å². The molecule has 136 valence electrons. The molecule has 1 saturated heterocycles. The Morgan fingerprint density at radius 1 is 1.35 bits per heavy atom. The Kier molecular flexibility index (Phi) is 5.30. The summed E-state index contributed by atoms with van der Waals surface area (Å²) in [6.07, 6.45) is 3.72. The van der Waals surface area contributed by atoms with Crippen molar-refractivity contribution in [3.63, 3.8) is 0 Å². The number of amides is 2. The van der Waals surface area contributed by atoms with Crippen LogP contribution in [0, 0.1) is 19.8 Å². The van der Waals surface area contributed by atoms with Crippen molar-refractivity contribution in [2.24, 2.45) is 5.92 Å². The van der Waals surface area contributed by atoms with Crippen LogP contribution in [-0.4, -0.2) is 45.2 Å². The van der Waals surface area contributed by atoms with Crippen LogP contribution in [0.25, 0.3) is 0 Å². The minimum absolute atomic E-state index is 0.00649. The fraction of sp³-hybridized carbons (Fsp3) is 0.400. The van der Waals surface area contributed by atoms with Gasteiger partial charge in [0.1, 0.15) is 0 Å². The van der Waals surface area contributed by atoms with E-state index in [2.05, 4.69) is 9.97 Å². The van der Waals surface area contributed by atoms with Crippen molar-refractivity contribution in [2.75, 3.05) is 13.6 Å². The number of hydrogen-bond acceptors (Lipinski definition) is 4. The summed E-state index contributed by atoms with van der Waals surface area (Å²) in [5.74, 6) is -0.284. The fourth-order valence-corrected chi connectivity index (χ4v) is 3.44. The average molecular weight is 352 g/mol. The Bertz CT molecular complexity index is 786. The van der Waals surface area contributed by atoms with Gasteiger partial charge in [-0.05, 0) is 43.2 Å². The number of nitrogens with zero attached hydrogens (tertiary/aromatic N) is 4. The maximum Gasteiger partial charge on any atom is 0.228 e. The molecular formula is C20H24N4O2. The summed E-state index contributed by atoms with van der Waals surface area (Å²) in [6, 6.07) is 7.79. The number of rotatable bonds is 5. The van der Waals surface area contributed by atoms with Crippen LogP contribution in [0.15, 0.2) is 36.7 Å². The molecular weight excluding hydrogens is 328 g/mol. The summed E-state index contributed by atoms with van der Waals surface area (Å²) in [5.41, 5.74) is 3.92. The molecule has 1 aliphatic heterocycles. The zero-order valence-electron chi connectivity index (χ0n) is 15.5. The van der Waals surface area contributed by atoms with Gasteiger partial charge in [-0.2, -0.15) is 0 Å². The lowest BCUT2D eigenvalue weighted by atomic mass is 10.1. The van der Waals surface area contributed by atoms with Crippen molar-refractivity contribution in [1.82, 2.24) is 19.8 Å². The van der Waals surface area contributed by atoms with Crippen LogP contribution < -0.4 is 0 Å². The Balaban J connectivity index is 1.61. The Hall–Kier alpha value is -2.76. The van der Waals surface area contributed by atoms with Crippen LogP contribution in [0.1, 0.15) is 28.9 Å². The first kappa shape index (κ1) is 18.0. The van der Waals surface area contributed by atoms with Crippen LogP contribution >= 0.6 is 0 Å². The van der Waals surface area contributed by atoms with E-state index >= 15 is 0 Å². The SMILES string of the molecule is Cc1cc(C)nc(CN(C)C(=O)C2CC(=O)N(Cc3cccnc3)C2)c1. The highest BCUT2D eigenvalue weighted by Gasteiger charge is 2.35. The van der Waals surface area contributed by atoms with Crippen molar-refractivity contribution >= 4 is 11.8 Å². The maximum atomic E-state index is 12.8. The third kappa shape index (κ3) is 4.25. The largest absolute Gasteiger partial charge is 0.340 e. The van der Waals surface area contributed by atoms with Crippen molar-refractivity contribution in [2.45, 2.75) is 33.4 Å². The molecule has 0 aromatic carbocycles. The van der Waals surface area contributed by atoms with Crippen LogP contribution in [0.2, 0.25) is 0 Å². The summed E-state index contributed by atoms with van der Waals surface area (Å²) in [4.78, 5) is 37.0. The second-order valence-electron chi connectivity index (χ2n) is 7.01. The monoisotopic (exact) mass is 352 g/mol. The van der Waals surface area contributed by atoms with E-state index in [0.717, 1.165) is 22.5 Å². The molecule has 3 heterocycles. The minimum atomic E-state index is -0.296. The highest BCUT2D eigenvalue weighted by atomic mass is 16.2. The van der Waals surface area contributed by atoms with Crippen molar-refractivity contribution in [3.05, 3.63) is 59.2 Å². The van der Waals surface area contributed by atoms with Crippen LogP contribution in [0.4, 0.5) is 0 Å². The third-order valence-electron chi connectivity index (χ3n) is 4.59. The number of aryl methyl sites for hydroxylation is 2. The smallest absolute Gasteiger partial charge is 0.228 e. The van der Waals surface area contributed by atoms with Crippen LogP contribution in [-0.2, 0) is 22.7 Å². The standard InChI is InChI=1S/C20H24N4O2/c1-14-7-15(2)22-18(8-14)13-23(3)20(26)17-9-19(25)24(12-17)11-16-5-4-6-21-10-16/h4-8,10,17H,9,11-13H2,1-3H3. The van der Waals surface area contributed by atoms with Gasteiger partial charge in [0.2, 0.25) is 11.8 Å². The second-order valence-corrected chi connectivity index (χ2v) is 7.01. The van der Waals surface area contributed by atoms with Gasteiger partial charge in [0.15, 0.2) is 0 Å². The van der Waals surface area contributed by atoms with Crippen molar-refractivity contribution in [3.8, 4) is 0 Å². The number of aromatic nitrogens is 2. The van der Waals surface area contributed by atoms with Gasteiger partial charge in [-0.3, -0.25) is 19.6 Å². The molecule has 2 amide bonds. The molecule has 0 saturated carbocycles. The minimum Gasteiger partial charge on any atom is -0.340 e. The normalized spacial score (nSPS) is 16.8. The lowest BCUT2D eigenvalue weighted by Crippen LogP contribution is -2.34. The predicted octanol–water partition coefficient (Wildman–Crippen LogP) is 2.10. The topological polar surface area (TPSA) is 66.4 Å². The molecule has 0 N–H and O–H groups in total. The quantitative estimate of drug-likeness (QED) is 0.826. The lowest BCUT2D eigenvalue weighted by molar-refractivity contribution is -0.135. The first-order valence-electron chi connectivity index (χ1n) is 8.78. The molecule has 1 aliphatic rings. The van der Waals surface area contributed by atoms with E-state index in [1.807, 2.05) is 38.1 Å². The first-order chi connectivity index (χ1) is 12.4. The molecule has 2 aromatic heterocycles. The molecule has 0 aliphatic carbocycles. The maximum absolute atomic E-state index is 12.8. The van der Waals surface area contributed by atoms with Crippen molar-refractivity contribution < 1.29 is 9.59 Å². The van der Waals surface area contributed by atoms with Crippen LogP contribution in [0.5, 0.6) is 0 Å². The van der Waals surface area contributed by atoms with Gasteiger partial charge in [0, 0.05) is 44.6 Å². The highest BCUT2D eigenvalue weighted by molar-refractivity contribution is 5.89. The summed E-state index contributed by atoms with van der Waals surface area (Å²) >= 11 is 0. The third-order valence-corrected chi connectivity index (χ3v) is 4.59. The van der Waals surface area contributed by atoms with Gasteiger partial charge in [-0.15, -0.1) is 0 Å². The molecule has 0 radical (unpaired) electrons. The van der Waals surface area contributed by atoms with Gasteiger partial charge in [0.05, 0.1) is 18.2 Å². The van der Waals surface area contributed by atoms with E-state index in [1.54, 1.807) is 29.2 Å². The van der Waals surface area contributed by atoms with Gasteiger partial charge >= 0.3 is 0 Å². The summed E-state index contributed by atoms with van der Waals surface area (Å²) < 4.78 is 0. The van der Waals surface area contributed by atoms with Gasteiger partial charge in [0.25, 0.3) is 0 Å². The number of pyridine rings is 2. The van der Waals surface area contributed by atoms with E-state index < -0.39 is 0 Å². The fourth-order valence-electron chi connectivity index (χ4n) is 3.44. The zero-order valence-corrected chi connectivity index (χ0v) is 15.5. The van der Waals surface area contributed by atoms with Gasteiger partial charge < -0.3 is 9.80 Å². The number of likely N-dealkylation sites (tertiary alicyclic amines) is 1. The average Bonchev–Trinajstić information content (AvgIpc) is 2.95. The Labute approximate surface area is 153 Å². The summed E-state index contributed by atoms with van der Waals surface area (Å²) in [6.45, 7) is 5.38. The lowest BCUT2D eigenvalue weighted by Gasteiger charge is -2.21. The molecule has 6 nitrogen and oxygen atoms in total. The zero-order chi connectivity index (χ0) is 18.7. The number of carbonyl (C=O) groups is 2. The van der Waals surface area contributed by atoms with Gasteiger partial charge in [-0.1, -0.05) is 6.07 Å². The van der Waals surface area contributed by atoms with Gasteiger partial charge in [-0.25, -0.2) is 0 Å². The molecule has 6 heteroatoms. The number of hydrogen-bond donors (Lipinski definition) is 0.